The molecule has 2 saturated heterocycles. The second-order valence-electron chi connectivity index (χ2n) is 8.77. The quantitative estimate of drug-likeness (QED) is 0.766. The van der Waals surface area contributed by atoms with Crippen LogP contribution < -0.4 is 5.32 Å². The molecule has 2 heterocycles. The van der Waals surface area contributed by atoms with Crippen molar-refractivity contribution in [3.63, 3.8) is 0 Å². The molecule has 2 rings (SSSR count). The van der Waals surface area contributed by atoms with E-state index in [4.69, 9.17) is 0 Å². The van der Waals surface area contributed by atoms with Crippen LogP contribution in [0.4, 0.5) is 0 Å². The molecule has 2 fully saturated rings. The lowest BCUT2D eigenvalue weighted by Crippen LogP contribution is -2.57. The average molecular weight is 381 g/mol. The molecule has 3 unspecified atom stereocenters. The Morgan fingerprint density at radius 3 is 2.00 bits per heavy atom. The fourth-order valence-electron chi connectivity index (χ4n) is 4.21. The van der Waals surface area contributed by atoms with E-state index in [9.17, 15) is 14.4 Å². The van der Waals surface area contributed by atoms with Gasteiger partial charge in [0.05, 0.1) is 6.54 Å². The zero-order valence-electron chi connectivity index (χ0n) is 17.5. The van der Waals surface area contributed by atoms with Gasteiger partial charge in [0.2, 0.25) is 17.7 Å². The first-order valence-corrected chi connectivity index (χ1v) is 10.2. The highest BCUT2D eigenvalue weighted by molar-refractivity contribution is 5.87. The van der Waals surface area contributed by atoms with Crippen LogP contribution in [0.25, 0.3) is 0 Å². The molecule has 3 atom stereocenters. The van der Waals surface area contributed by atoms with Gasteiger partial charge in [0, 0.05) is 46.2 Å². The zero-order chi connectivity index (χ0) is 20.1. The van der Waals surface area contributed by atoms with Gasteiger partial charge in [-0.1, -0.05) is 27.7 Å². The Morgan fingerprint density at radius 1 is 0.963 bits per heavy atom. The molecule has 0 saturated carbocycles. The number of hydrogen-bond donors (Lipinski definition) is 1. The van der Waals surface area contributed by atoms with E-state index in [0.29, 0.717) is 44.6 Å². The number of nitrogens with zero attached hydrogens (tertiary/aromatic N) is 3. The molecule has 0 spiro atoms. The molecule has 2 aliphatic heterocycles. The predicted molar refractivity (Wildman–Crippen MR) is 105 cm³/mol. The first kappa shape index (κ1) is 21.7. The van der Waals surface area contributed by atoms with Gasteiger partial charge in [0.15, 0.2) is 0 Å². The van der Waals surface area contributed by atoms with Crippen molar-refractivity contribution >= 4 is 17.7 Å². The van der Waals surface area contributed by atoms with Crippen molar-refractivity contribution in [1.82, 2.24) is 20.0 Å². The SMILES string of the molecule is CC(=O)NC(C(=O)N1CCN(CC(=O)N2CC(C)CC(C)C2)CC1)C(C)C. The number of likely N-dealkylation sites (tertiary alicyclic amines) is 1. The number of rotatable bonds is 5. The topological polar surface area (TPSA) is 73.0 Å². The van der Waals surface area contributed by atoms with Crippen LogP contribution in [0, 0.1) is 17.8 Å². The average Bonchev–Trinajstić information content (AvgIpc) is 2.58. The van der Waals surface area contributed by atoms with E-state index in [1.165, 1.54) is 13.3 Å². The molecule has 154 valence electrons. The molecule has 0 aromatic rings. The molecule has 0 radical (unpaired) electrons. The van der Waals surface area contributed by atoms with Crippen LogP contribution in [0.15, 0.2) is 0 Å². The van der Waals surface area contributed by atoms with Crippen molar-refractivity contribution in [1.29, 1.82) is 0 Å². The third kappa shape index (κ3) is 6.19. The monoisotopic (exact) mass is 380 g/mol. The maximum Gasteiger partial charge on any atom is 0.245 e. The molecule has 0 aliphatic carbocycles. The second-order valence-corrected chi connectivity index (χ2v) is 8.77. The Bertz CT molecular complexity index is 533. The minimum Gasteiger partial charge on any atom is -0.344 e. The number of carbonyl (C=O) groups excluding carboxylic acids is 3. The highest BCUT2D eigenvalue weighted by atomic mass is 16.2. The van der Waals surface area contributed by atoms with Gasteiger partial charge in [-0.3, -0.25) is 19.3 Å². The molecule has 0 aromatic heterocycles. The molecule has 0 bridgehead atoms. The number of piperazine rings is 1. The van der Waals surface area contributed by atoms with Crippen LogP contribution in [0.3, 0.4) is 0 Å². The van der Waals surface area contributed by atoms with E-state index in [1.54, 1.807) is 0 Å². The van der Waals surface area contributed by atoms with E-state index < -0.39 is 6.04 Å². The molecule has 1 N–H and O–H groups in total. The molecular formula is C20H36N4O3. The van der Waals surface area contributed by atoms with E-state index in [-0.39, 0.29) is 23.6 Å². The highest BCUT2D eigenvalue weighted by Crippen LogP contribution is 2.21. The summed E-state index contributed by atoms with van der Waals surface area (Å²) >= 11 is 0. The largest absolute Gasteiger partial charge is 0.344 e. The standard InChI is InChI=1S/C20H36N4O3/c1-14(2)19(21-17(5)25)20(27)23-8-6-22(7-9-23)13-18(26)24-11-15(3)10-16(4)12-24/h14-16,19H,6-13H2,1-5H3,(H,21,25). The summed E-state index contributed by atoms with van der Waals surface area (Å²) in [5.41, 5.74) is 0. The van der Waals surface area contributed by atoms with Gasteiger partial charge in [-0.15, -0.1) is 0 Å². The van der Waals surface area contributed by atoms with Crippen LogP contribution in [-0.4, -0.2) is 84.3 Å². The number of piperidine rings is 1. The lowest BCUT2D eigenvalue weighted by molar-refractivity contribution is -0.140. The first-order chi connectivity index (χ1) is 12.7. The van der Waals surface area contributed by atoms with Crippen LogP contribution >= 0.6 is 0 Å². The number of nitrogens with one attached hydrogen (secondary N) is 1. The molecular weight excluding hydrogens is 344 g/mol. The molecule has 3 amide bonds. The van der Waals surface area contributed by atoms with Gasteiger partial charge >= 0.3 is 0 Å². The van der Waals surface area contributed by atoms with Gasteiger partial charge in [0.1, 0.15) is 6.04 Å². The summed E-state index contributed by atoms with van der Waals surface area (Å²) in [5, 5.41) is 2.77. The van der Waals surface area contributed by atoms with E-state index in [1.807, 2.05) is 23.6 Å². The smallest absolute Gasteiger partial charge is 0.245 e. The Morgan fingerprint density at radius 2 is 1.52 bits per heavy atom. The van der Waals surface area contributed by atoms with Gasteiger partial charge in [-0.25, -0.2) is 0 Å². The maximum absolute atomic E-state index is 12.7. The van der Waals surface area contributed by atoms with Crippen molar-refractivity contribution < 1.29 is 14.4 Å². The minimum absolute atomic E-state index is 0.0233. The van der Waals surface area contributed by atoms with E-state index in [0.717, 1.165) is 13.1 Å². The summed E-state index contributed by atoms with van der Waals surface area (Å²) in [7, 11) is 0. The van der Waals surface area contributed by atoms with Crippen molar-refractivity contribution in [2.75, 3.05) is 45.8 Å². The molecule has 2 aliphatic rings. The Hall–Kier alpha value is -1.63. The summed E-state index contributed by atoms with van der Waals surface area (Å²) < 4.78 is 0. The van der Waals surface area contributed by atoms with Gasteiger partial charge in [-0.05, 0) is 24.2 Å². The highest BCUT2D eigenvalue weighted by Gasteiger charge is 2.31. The summed E-state index contributed by atoms with van der Waals surface area (Å²) in [5.74, 6) is 1.17. The van der Waals surface area contributed by atoms with Crippen LogP contribution in [-0.2, 0) is 14.4 Å². The summed E-state index contributed by atoms with van der Waals surface area (Å²) in [6.45, 7) is 14.5. The van der Waals surface area contributed by atoms with Crippen molar-refractivity contribution in [2.24, 2.45) is 17.8 Å². The van der Waals surface area contributed by atoms with Crippen LogP contribution in [0.2, 0.25) is 0 Å². The Kier molecular flexibility index (Phi) is 7.65. The summed E-state index contributed by atoms with van der Waals surface area (Å²) in [4.78, 5) is 42.7. The summed E-state index contributed by atoms with van der Waals surface area (Å²) in [6, 6.07) is -0.480. The summed E-state index contributed by atoms with van der Waals surface area (Å²) in [6.07, 6.45) is 1.19. The Labute approximate surface area is 163 Å². The lowest BCUT2D eigenvalue weighted by Gasteiger charge is -2.39. The number of hydrogen-bond acceptors (Lipinski definition) is 4. The first-order valence-electron chi connectivity index (χ1n) is 10.2. The van der Waals surface area contributed by atoms with Gasteiger partial charge in [0.25, 0.3) is 0 Å². The predicted octanol–water partition coefficient (Wildman–Crippen LogP) is 0.796. The normalized spacial score (nSPS) is 25.4. The molecule has 7 heteroatoms. The molecule has 0 aromatic carbocycles. The molecule has 27 heavy (non-hydrogen) atoms. The Balaban J connectivity index is 1.83. The fraction of sp³-hybridized carbons (Fsp3) is 0.850. The van der Waals surface area contributed by atoms with Crippen molar-refractivity contribution in [2.45, 2.75) is 47.1 Å². The number of carbonyl (C=O) groups is 3. The second kappa shape index (κ2) is 9.53. The van der Waals surface area contributed by atoms with Crippen molar-refractivity contribution in [3.8, 4) is 0 Å². The van der Waals surface area contributed by atoms with Crippen molar-refractivity contribution in [3.05, 3.63) is 0 Å². The minimum atomic E-state index is -0.480. The number of amides is 3. The van der Waals surface area contributed by atoms with Gasteiger partial charge in [-0.2, -0.15) is 0 Å². The van der Waals surface area contributed by atoms with E-state index >= 15 is 0 Å². The maximum atomic E-state index is 12.7. The third-order valence-corrected chi connectivity index (χ3v) is 5.56. The third-order valence-electron chi connectivity index (χ3n) is 5.56. The van der Waals surface area contributed by atoms with E-state index in [2.05, 4.69) is 24.1 Å². The lowest BCUT2D eigenvalue weighted by atomic mass is 9.92. The van der Waals surface area contributed by atoms with Crippen LogP contribution in [0.1, 0.15) is 41.0 Å². The van der Waals surface area contributed by atoms with Gasteiger partial charge < -0.3 is 15.1 Å². The fourth-order valence-corrected chi connectivity index (χ4v) is 4.21. The van der Waals surface area contributed by atoms with Crippen LogP contribution in [0.5, 0.6) is 0 Å². The zero-order valence-corrected chi connectivity index (χ0v) is 17.5. The molecule has 7 nitrogen and oxygen atoms in total.